The summed E-state index contributed by atoms with van der Waals surface area (Å²) in [6.07, 6.45) is 9.97. The van der Waals surface area contributed by atoms with Crippen molar-refractivity contribution in [1.29, 1.82) is 0 Å². The first-order chi connectivity index (χ1) is 19.3. The van der Waals surface area contributed by atoms with Gasteiger partial charge in [0.05, 0.1) is 0 Å². The fourth-order valence-corrected chi connectivity index (χ4v) is 21.1. The molecule has 0 bridgehead atoms. The van der Waals surface area contributed by atoms with Gasteiger partial charge in [0.15, 0.2) is 0 Å². The summed E-state index contributed by atoms with van der Waals surface area (Å²) in [5.41, 5.74) is 14.9. The van der Waals surface area contributed by atoms with E-state index < -0.39 is 14.0 Å². The molecule has 4 aromatic rings. The molecule has 0 aromatic heterocycles. The third-order valence-corrected chi connectivity index (χ3v) is 20.9. The summed E-state index contributed by atoms with van der Waals surface area (Å²) in [6, 6.07) is 36.3. The van der Waals surface area contributed by atoms with Crippen LogP contribution < -0.4 is 0 Å². The fourth-order valence-electron chi connectivity index (χ4n) is 8.08. The van der Waals surface area contributed by atoms with Crippen LogP contribution in [0.5, 0.6) is 0 Å². The summed E-state index contributed by atoms with van der Waals surface area (Å²) < 4.78 is 1.09. The second-order valence-corrected chi connectivity index (χ2v) is 33.3. The van der Waals surface area contributed by atoms with Gasteiger partial charge in [0.2, 0.25) is 0 Å². The Kier molecular flexibility index (Phi) is 10.0. The predicted molar refractivity (Wildman–Crippen MR) is 190 cm³/mol. The number of hydrogen-bond donors (Lipinski definition) is 0. The number of benzene rings is 4. The van der Waals surface area contributed by atoms with Crippen molar-refractivity contribution in [3.8, 4) is 22.3 Å². The molecule has 0 nitrogen and oxygen atoms in total. The van der Waals surface area contributed by atoms with Crippen LogP contribution in [0.25, 0.3) is 34.4 Å². The van der Waals surface area contributed by atoms with Gasteiger partial charge in [-0.25, -0.2) is 0 Å². The van der Waals surface area contributed by atoms with E-state index in [1.165, 1.54) is 59.1 Å². The Balaban J connectivity index is 0.00000202. The maximum Gasteiger partial charge on any atom is -0.147 e. The zero-order chi connectivity index (χ0) is 27.9. The van der Waals surface area contributed by atoms with Crippen molar-refractivity contribution < 1.29 is 14.0 Å². The predicted octanol–water partition coefficient (Wildman–Crippen LogP) is 11.4. The van der Waals surface area contributed by atoms with Crippen LogP contribution in [0.4, 0.5) is 0 Å². The zero-order valence-corrected chi connectivity index (χ0v) is 30.0. The molecule has 2 atom stereocenters. The molecule has 0 fully saturated rings. The number of allylic oxidation sites excluding steroid dienone is 2. The second-order valence-electron chi connectivity index (χ2n) is 13.1. The SMILES string of the molecule is CCCC1=Cc2c(-c3ccccc3)cccc2[CH]1[Ti]([CH3])([CH3])(=[SiH2])[CH]1C(CCC)=Cc2c(-c3ccccc3)cccc21.Cl.Cl. The second kappa shape index (κ2) is 12.8. The van der Waals surface area contributed by atoms with Gasteiger partial charge in [-0.05, 0) is 0 Å². The van der Waals surface area contributed by atoms with E-state index in [0.29, 0.717) is 8.45 Å². The minimum absolute atomic E-state index is 0. The van der Waals surface area contributed by atoms with E-state index in [9.17, 15) is 0 Å². The summed E-state index contributed by atoms with van der Waals surface area (Å²) in [7, 11) is 2.46. The molecule has 2 aliphatic rings. The number of halogens is 2. The number of hydrogen-bond acceptors (Lipinski definition) is 0. The molecule has 0 saturated carbocycles. The Morgan fingerprint density at radius 1 is 0.548 bits per heavy atom. The summed E-state index contributed by atoms with van der Waals surface area (Å²) in [5, 5.41) is 5.54. The van der Waals surface area contributed by atoms with Gasteiger partial charge >= 0.3 is 245 Å². The standard InChI is InChI=1S/2C18H17.2CH3.2ClH.H2Si.Ti/c2*1-2-7-14-12-16-10-6-11-17(18(16)13-14)15-8-4-3-5-9-15;;;;;;/h2*3-6,8-13H,2,7H2,1H3;2*1H3;2*1H;1H2;. The molecule has 0 heterocycles. The largest absolute Gasteiger partial charge is 0.147 e. The Hall–Kier alpha value is -2.13. The molecule has 0 N–H and O–H groups in total. The fraction of sp³-hybridized carbons (Fsp3) is 0.263. The summed E-state index contributed by atoms with van der Waals surface area (Å²) in [5.74, 6) is 0. The van der Waals surface area contributed by atoms with Gasteiger partial charge in [0, 0.05) is 0 Å². The van der Waals surface area contributed by atoms with Gasteiger partial charge in [0.25, 0.3) is 0 Å². The number of rotatable bonds is 8. The summed E-state index contributed by atoms with van der Waals surface area (Å²) in [4.78, 5) is 0. The van der Waals surface area contributed by atoms with Crippen molar-refractivity contribution in [2.24, 2.45) is 0 Å². The maximum absolute atomic E-state index is 3.33. The van der Waals surface area contributed by atoms with E-state index >= 15 is 0 Å². The molecule has 42 heavy (non-hydrogen) atoms. The Morgan fingerprint density at radius 3 is 1.29 bits per heavy atom. The first-order valence-corrected chi connectivity index (χ1v) is 24.1. The van der Waals surface area contributed by atoms with Gasteiger partial charge in [0.1, 0.15) is 0 Å². The van der Waals surface area contributed by atoms with E-state index in [0.717, 1.165) is 0 Å². The molecule has 4 heteroatoms. The average Bonchev–Trinajstić information content (AvgIpc) is 3.53. The molecular formula is C38H44Cl2SiTi. The monoisotopic (exact) mass is 646 g/mol. The van der Waals surface area contributed by atoms with Crippen LogP contribution in [-0.4, -0.2) is 7.63 Å². The van der Waals surface area contributed by atoms with E-state index in [4.69, 9.17) is 0 Å². The molecule has 218 valence electrons. The van der Waals surface area contributed by atoms with Crippen LogP contribution in [0.2, 0.25) is 10.5 Å². The van der Waals surface area contributed by atoms with Crippen molar-refractivity contribution in [3.05, 3.63) is 130 Å². The quantitative estimate of drug-likeness (QED) is 0.167. The topological polar surface area (TPSA) is 0 Å². The molecule has 2 unspecified atom stereocenters. The molecule has 0 aliphatic heterocycles. The van der Waals surface area contributed by atoms with Crippen LogP contribution in [0.1, 0.15) is 70.2 Å². The molecule has 0 spiro atoms. The third kappa shape index (κ3) is 5.60. The van der Waals surface area contributed by atoms with E-state index in [-0.39, 0.29) is 24.8 Å². The van der Waals surface area contributed by atoms with E-state index in [2.05, 4.69) is 141 Å². The first kappa shape index (κ1) is 32.8. The van der Waals surface area contributed by atoms with Gasteiger partial charge < -0.3 is 0 Å². The van der Waals surface area contributed by atoms with Crippen LogP contribution in [0.3, 0.4) is 0 Å². The Bertz CT molecular complexity index is 1580. The first-order valence-electron chi connectivity index (χ1n) is 15.2. The Labute approximate surface area is 268 Å². The minimum Gasteiger partial charge on any atom is -0.147 e. The zero-order valence-electron chi connectivity index (χ0n) is 25.4. The average molecular weight is 648 g/mol. The van der Waals surface area contributed by atoms with Gasteiger partial charge in [-0.2, -0.15) is 0 Å². The summed E-state index contributed by atoms with van der Waals surface area (Å²) in [6.45, 7) is 4.70. The van der Waals surface area contributed by atoms with Crippen molar-refractivity contribution in [2.75, 3.05) is 0 Å². The molecule has 2 aliphatic carbocycles. The van der Waals surface area contributed by atoms with Crippen LogP contribution >= 0.6 is 24.8 Å². The van der Waals surface area contributed by atoms with Crippen LogP contribution in [-0.2, 0) is 14.0 Å². The number of fused-ring (bicyclic) bond motifs is 2. The van der Waals surface area contributed by atoms with Crippen molar-refractivity contribution in [1.82, 2.24) is 0 Å². The molecule has 4 aromatic carbocycles. The van der Waals surface area contributed by atoms with Crippen molar-refractivity contribution in [2.45, 2.75) is 58.4 Å². The van der Waals surface area contributed by atoms with E-state index in [1.807, 2.05) is 0 Å². The van der Waals surface area contributed by atoms with Gasteiger partial charge in [-0.15, -0.1) is 24.8 Å². The molecular weight excluding hydrogens is 603 g/mol. The third-order valence-electron chi connectivity index (χ3n) is 9.45. The molecule has 6 rings (SSSR count). The van der Waals surface area contributed by atoms with Crippen molar-refractivity contribution in [3.63, 3.8) is 0 Å². The van der Waals surface area contributed by atoms with Crippen LogP contribution in [0.15, 0.2) is 108 Å². The molecule has 0 saturated heterocycles. The van der Waals surface area contributed by atoms with E-state index in [1.54, 1.807) is 22.3 Å². The van der Waals surface area contributed by atoms with Gasteiger partial charge in [-0.3, -0.25) is 0 Å². The molecule has 0 radical (unpaired) electrons. The Morgan fingerprint density at radius 2 is 0.929 bits per heavy atom. The normalized spacial score (nSPS) is 17.4. The smallest absolute Gasteiger partial charge is 0.147 e. The van der Waals surface area contributed by atoms with Crippen molar-refractivity contribution >= 4 is 44.6 Å². The maximum atomic E-state index is 2.77. The minimum atomic E-state index is -3.33. The summed E-state index contributed by atoms with van der Waals surface area (Å²) >= 11 is -3.33. The molecule has 0 amide bonds. The van der Waals surface area contributed by atoms with Crippen LogP contribution in [0, 0.1) is 0 Å². The van der Waals surface area contributed by atoms with Gasteiger partial charge in [-0.1, -0.05) is 0 Å².